The first kappa shape index (κ1) is 15.0. The molecular weight excluding hydrogens is 298 g/mol. The summed E-state index contributed by atoms with van der Waals surface area (Å²) in [6.07, 6.45) is 2.17. The average Bonchev–Trinajstić information content (AvgIpc) is 3.19. The summed E-state index contributed by atoms with van der Waals surface area (Å²) in [4.78, 5) is 12.1. The minimum atomic E-state index is -0.226. The van der Waals surface area contributed by atoms with Crippen molar-refractivity contribution in [3.8, 4) is 5.69 Å². The molecular formula is C15H19N5OS. The van der Waals surface area contributed by atoms with E-state index in [1.54, 1.807) is 4.68 Å². The van der Waals surface area contributed by atoms with E-state index in [2.05, 4.69) is 33.8 Å². The maximum atomic E-state index is 12.1. The largest absolute Gasteiger partial charge is 0.352 e. The fourth-order valence-electron chi connectivity index (χ4n) is 2.13. The molecule has 1 aliphatic carbocycles. The standard InChI is InChI=1S/C15H19N5OS/c1-9-5-4-6-13(10(9)2)20-15(17-18-19-20)22-11(3)14(21)16-12-7-8-12/h4-6,11-12H,7-8H2,1-3H3,(H,16,21). The molecule has 1 saturated carbocycles. The zero-order valence-corrected chi connectivity index (χ0v) is 13.7. The first-order valence-electron chi connectivity index (χ1n) is 7.38. The first-order valence-corrected chi connectivity index (χ1v) is 8.26. The van der Waals surface area contributed by atoms with Crippen LogP contribution in [0.25, 0.3) is 5.69 Å². The highest BCUT2D eigenvalue weighted by Crippen LogP contribution is 2.26. The third kappa shape index (κ3) is 3.14. The van der Waals surface area contributed by atoms with Crippen LogP contribution in [0.4, 0.5) is 0 Å². The van der Waals surface area contributed by atoms with E-state index in [-0.39, 0.29) is 11.2 Å². The van der Waals surface area contributed by atoms with Crippen LogP contribution in [0.2, 0.25) is 0 Å². The highest BCUT2D eigenvalue weighted by Gasteiger charge is 2.27. The molecule has 3 rings (SSSR count). The third-order valence-electron chi connectivity index (χ3n) is 3.82. The lowest BCUT2D eigenvalue weighted by molar-refractivity contribution is -0.120. The Morgan fingerprint density at radius 1 is 1.41 bits per heavy atom. The van der Waals surface area contributed by atoms with Gasteiger partial charge in [-0.15, -0.1) is 5.10 Å². The number of nitrogens with zero attached hydrogens (tertiary/aromatic N) is 4. The molecule has 2 aromatic rings. The molecule has 0 spiro atoms. The van der Waals surface area contributed by atoms with Gasteiger partial charge in [-0.25, -0.2) is 0 Å². The summed E-state index contributed by atoms with van der Waals surface area (Å²) in [5, 5.41) is 15.3. The molecule has 0 radical (unpaired) electrons. The molecule has 22 heavy (non-hydrogen) atoms. The van der Waals surface area contributed by atoms with Gasteiger partial charge >= 0.3 is 0 Å². The summed E-state index contributed by atoms with van der Waals surface area (Å²) in [7, 11) is 0. The Labute approximate surface area is 133 Å². The second kappa shape index (κ2) is 6.08. The predicted molar refractivity (Wildman–Crippen MR) is 85.1 cm³/mol. The number of thioether (sulfide) groups is 1. The van der Waals surface area contributed by atoms with Gasteiger partial charge in [0.25, 0.3) is 0 Å². The fraction of sp³-hybridized carbons (Fsp3) is 0.467. The van der Waals surface area contributed by atoms with Gasteiger partial charge in [0.15, 0.2) is 0 Å². The van der Waals surface area contributed by atoms with Gasteiger partial charge in [0.2, 0.25) is 11.1 Å². The Balaban J connectivity index is 1.79. The Morgan fingerprint density at radius 3 is 2.91 bits per heavy atom. The van der Waals surface area contributed by atoms with Crippen LogP contribution in [0.1, 0.15) is 30.9 Å². The van der Waals surface area contributed by atoms with Gasteiger partial charge in [0.05, 0.1) is 10.9 Å². The summed E-state index contributed by atoms with van der Waals surface area (Å²) in [6, 6.07) is 6.39. The van der Waals surface area contributed by atoms with Gasteiger partial charge in [-0.1, -0.05) is 23.9 Å². The average molecular weight is 317 g/mol. The van der Waals surface area contributed by atoms with Crippen molar-refractivity contribution >= 4 is 17.7 Å². The van der Waals surface area contributed by atoms with E-state index in [0.29, 0.717) is 11.2 Å². The highest BCUT2D eigenvalue weighted by atomic mass is 32.2. The summed E-state index contributed by atoms with van der Waals surface area (Å²) in [5.74, 6) is 0.0445. The van der Waals surface area contributed by atoms with Crippen LogP contribution in [-0.4, -0.2) is 37.4 Å². The number of tetrazole rings is 1. The van der Waals surface area contributed by atoms with Crippen molar-refractivity contribution < 1.29 is 4.79 Å². The zero-order chi connectivity index (χ0) is 15.7. The summed E-state index contributed by atoms with van der Waals surface area (Å²) >= 11 is 1.38. The van der Waals surface area contributed by atoms with Gasteiger partial charge in [0.1, 0.15) is 0 Å². The highest BCUT2D eigenvalue weighted by molar-refractivity contribution is 8.00. The number of carbonyl (C=O) groups is 1. The Morgan fingerprint density at radius 2 is 2.18 bits per heavy atom. The Hall–Kier alpha value is -1.89. The molecule has 116 valence electrons. The van der Waals surface area contributed by atoms with Gasteiger partial charge in [-0.3, -0.25) is 4.79 Å². The minimum Gasteiger partial charge on any atom is -0.352 e. The molecule has 7 heteroatoms. The van der Waals surface area contributed by atoms with Crippen molar-refractivity contribution in [1.29, 1.82) is 0 Å². The number of hydrogen-bond donors (Lipinski definition) is 1. The van der Waals surface area contributed by atoms with Crippen molar-refractivity contribution in [2.45, 2.75) is 50.1 Å². The van der Waals surface area contributed by atoms with Gasteiger partial charge < -0.3 is 5.32 Å². The van der Waals surface area contributed by atoms with Crippen LogP contribution in [0.3, 0.4) is 0 Å². The number of benzene rings is 1. The summed E-state index contributed by atoms with van der Waals surface area (Å²) in [6.45, 7) is 5.98. The number of aromatic nitrogens is 4. The van der Waals surface area contributed by atoms with Crippen LogP contribution in [-0.2, 0) is 4.79 Å². The number of hydrogen-bond acceptors (Lipinski definition) is 5. The second-order valence-electron chi connectivity index (χ2n) is 5.64. The van der Waals surface area contributed by atoms with Crippen LogP contribution in [0.5, 0.6) is 0 Å². The molecule has 1 amide bonds. The maximum absolute atomic E-state index is 12.1. The molecule has 6 nitrogen and oxygen atoms in total. The van der Waals surface area contributed by atoms with Crippen LogP contribution in [0, 0.1) is 13.8 Å². The molecule has 1 unspecified atom stereocenters. The van der Waals surface area contributed by atoms with Gasteiger partial charge in [0, 0.05) is 6.04 Å². The van der Waals surface area contributed by atoms with E-state index in [4.69, 9.17) is 0 Å². The molecule has 1 aromatic heterocycles. The molecule has 1 N–H and O–H groups in total. The Bertz CT molecular complexity index is 695. The molecule has 1 aromatic carbocycles. The van der Waals surface area contributed by atoms with E-state index < -0.39 is 0 Å². The van der Waals surface area contributed by atoms with Crippen molar-refractivity contribution in [3.05, 3.63) is 29.3 Å². The van der Waals surface area contributed by atoms with Crippen molar-refractivity contribution in [1.82, 2.24) is 25.5 Å². The summed E-state index contributed by atoms with van der Waals surface area (Å²) in [5.41, 5.74) is 3.26. The van der Waals surface area contributed by atoms with Crippen LogP contribution < -0.4 is 5.32 Å². The third-order valence-corrected chi connectivity index (χ3v) is 4.85. The lowest BCUT2D eigenvalue weighted by Crippen LogP contribution is -2.32. The monoisotopic (exact) mass is 317 g/mol. The lowest BCUT2D eigenvalue weighted by Gasteiger charge is -2.12. The number of nitrogens with one attached hydrogen (secondary N) is 1. The molecule has 0 saturated heterocycles. The molecule has 1 atom stereocenters. The normalized spacial score (nSPS) is 15.6. The number of carbonyl (C=O) groups excluding carboxylic acids is 1. The van der Waals surface area contributed by atoms with E-state index in [1.165, 1.54) is 17.3 Å². The molecule has 1 aliphatic rings. The van der Waals surface area contributed by atoms with Crippen molar-refractivity contribution in [3.63, 3.8) is 0 Å². The zero-order valence-electron chi connectivity index (χ0n) is 12.9. The topological polar surface area (TPSA) is 72.7 Å². The molecule has 1 fully saturated rings. The number of rotatable bonds is 5. The van der Waals surface area contributed by atoms with E-state index in [0.717, 1.165) is 24.1 Å². The quantitative estimate of drug-likeness (QED) is 0.854. The molecule has 0 aliphatic heterocycles. The van der Waals surface area contributed by atoms with E-state index >= 15 is 0 Å². The maximum Gasteiger partial charge on any atom is 0.233 e. The minimum absolute atomic E-state index is 0.0445. The smallest absolute Gasteiger partial charge is 0.233 e. The van der Waals surface area contributed by atoms with Crippen LogP contribution in [0.15, 0.2) is 23.4 Å². The van der Waals surface area contributed by atoms with Crippen molar-refractivity contribution in [2.24, 2.45) is 0 Å². The van der Waals surface area contributed by atoms with E-state index in [9.17, 15) is 4.79 Å². The van der Waals surface area contributed by atoms with Crippen molar-refractivity contribution in [2.75, 3.05) is 0 Å². The predicted octanol–water partition coefficient (Wildman–Crippen LogP) is 2.04. The number of amides is 1. The first-order chi connectivity index (χ1) is 10.6. The molecule has 0 bridgehead atoms. The Kier molecular flexibility index (Phi) is 4.15. The van der Waals surface area contributed by atoms with Crippen LogP contribution >= 0.6 is 11.8 Å². The second-order valence-corrected chi connectivity index (χ2v) is 6.94. The van der Waals surface area contributed by atoms with E-state index in [1.807, 2.05) is 26.0 Å². The molecule has 1 heterocycles. The lowest BCUT2D eigenvalue weighted by atomic mass is 10.1. The summed E-state index contributed by atoms with van der Waals surface area (Å²) < 4.78 is 1.70. The SMILES string of the molecule is Cc1cccc(-n2nnnc2SC(C)C(=O)NC2CC2)c1C. The van der Waals surface area contributed by atoms with Gasteiger partial charge in [-0.2, -0.15) is 4.68 Å². The fourth-order valence-corrected chi connectivity index (χ4v) is 2.94. The number of aryl methyl sites for hydroxylation is 1. The van der Waals surface area contributed by atoms with Gasteiger partial charge in [-0.05, 0) is 61.2 Å².